The Morgan fingerprint density at radius 2 is 2.06 bits per heavy atom. The van der Waals surface area contributed by atoms with Crippen molar-refractivity contribution < 1.29 is 4.74 Å². The van der Waals surface area contributed by atoms with Gasteiger partial charge in [0.25, 0.3) is 0 Å². The van der Waals surface area contributed by atoms with Crippen molar-refractivity contribution in [3.8, 4) is 0 Å². The molecule has 102 valence electrons. The second kappa shape index (κ2) is 9.11. The van der Waals surface area contributed by atoms with E-state index in [9.17, 15) is 0 Å². The van der Waals surface area contributed by atoms with Crippen LogP contribution in [0.1, 0.15) is 38.7 Å². The highest BCUT2D eigenvalue weighted by Crippen LogP contribution is 2.21. The average Bonchev–Trinajstić information content (AvgIpc) is 2.37. The van der Waals surface area contributed by atoms with Crippen LogP contribution in [0.15, 0.2) is 6.33 Å². The predicted molar refractivity (Wildman–Crippen MR) is 75.3 cm³/mol. The molecule has 0 saturated carbocycles. The van der Waals surface area contributed by atoms with E-state index in [0.717, 1.165) is 56.8 Å². The lowest BCUT2D eigenvalue weighted by Crippen LogP contribution is -2.10. The fourth-order valence-electron chi connectivity index (χ4n) is 1.64. The average molecular weight is 272 g/mol. The minimum absolute atomic E-state index is 0.552. The van der Waals surface area contributed by atoms with Gasteiger partial charge >= 0.3 is 0 Å². The highest BCUT2D eigenvalue weighted by Gasteiger charge is 2.08. The third-order valence-corrected chi connectivity index (χ3v) is 2.82. The van der Waals surface area contributed by atoms with Gasteiger partial charge in [-0.3, -0.25) is 0 Å². The first-order valence-corrected chi connectivity index (χ1v) is 6.98. The van der Waals surface area contributed by atoms with Crippen LogP contribution in [0.4, 0.5) is 5.82 Å². The van der Waals surface area contributed by atoms with Crippen LogP contribution < -0.4 is 5.32 Å². The van der Waals surface area contributed by atoms with Gasteiger partial charge in [0.15, 0.2) is 0 Å². The molecule has 0 fully saturated rings. The fraction of sp³-hybridized carbons (Fsp3) is 0.692. The van der Waals surface area contributed by atoms with E-state index in [1.54, 1.807) is 0 Å². The molecule has 1 heterocycles. The summed E-state index contributed by atoms with van der Waals surface area (Å²) in [4.78, 5) is 8.26. The van der Waals surface area contributed by atoms with Crippen LogP contribution >= 0.6 is 11.6 Å². The highest BCUT2D eigenvalue weighted by molar-refractivity contribution is 6.30. The van der Waals surface area contributed by atoms with E-state index >= 15 is 0 Å². The molecule has 0 radical (unpaired) electrons. The number of hydrogen-bond donors (Lipinski definition) is 1. The molecule has 18 heavy (non-hydrogen) atoms. The molecular formula is C13H22ClN3O. The van der Waals surface area contributed by atoms with Crippen molar-refractivity contribution in [2.75, 3.05) is 25.1 Å². The number of hydrogen-bond acceptors (Lipinski definition) is 4. The number of nitrogens with one attached hydrogen (secondary N) is 1. The molecule has 1 N–H and O–H groups in total. The summed E-state index contributed by atoms with van der Waals surface area (Å²) in [5.41, 5.74) is 1.01. The molecule has 0 aliphatic rings. The largest absolute Gasteiger partial charge is 0.381 e. The molecule has 0 aliphatic carbocycles. The second-order valence-corrected chi connectivity index (χ2v) is 4.49. The van der Waals surface area contributed by atoms with Crippen LogP contribution in [0.5, 0.6) is 0 Å². The van der Waals surface area contributed by atoms with E-state index in [1.807, 2.05) is 0 Å². The number of rotatable bonds is 9. The van der Waals surface area contributed by atoms with Crippen molar-refractivity contribution in [1.29, 1.82) is 0 Å². The molecule has 0 unspecified atom stereocenters. The molecular weight excluding hydrogens is 250 g/mol. The first kappa shape index (κ1) is 15.2. The monoisotopic (exact) mass is 271 g/mol. The van der Waals surface area contributed by atoms with Gasteiger partial charge in [-0.15, -0.1) is 0 Å². The minimum Gasteiger partial charge on any atom is -0.381 e. The van der Waals surface area contributed by atoms with Crippen molar-refractivity contribution in [2.45, 2.75) is 39.5 Å². The Kier molecular flexibility index (Phi) is 7.69. The summed E-state index contributed by atoms with van der Waals surface area (Å²) in [7, 11) is 0. The number of halogens is 1. The maximum atomic E-state index is 6.07. The van der Waals surface area contributed by atoms with Gasteiger partial charge in [-0.05, 0) is 19.3 Å². The Morgan fingerprint density at radius 3 is 2.78 bits per heavy atom. The van der Waals surface area contributed by atoms with Gasteiger partial charge in [0.1, 0.15) is 17.3 Å². The smallest absolute Gasteiger partial charge is 0.137 e. The third-order valence-electron chi connectivity index (χ3n) is 2.50. The molecule has 0 saturated heterocycles. The van der Waals surface area contributed by atoms with Gasteiger partial charge in [-0.1, -0.05) is 31.9 Å². The van der Waals surface area contributed by atoms with Gasteiger partial charge in [-0.25, -0.2) is 9.97 Å². The lowest BCUT2D eigenvalue weighted by molar-refractivity contribution is 0.134. The lowest BCUT2D eigenvalue weighted by Gasteiger charge is -2.11. The van der Waals surface area contributed by atoms with Gasteiger partial charge in [0.2, 0.25) is 0 Å². The van der Waals surface area contributed by atoms with E-state index in [1.165, 1.54) is 6.33 Å². The summed E-state index contributed by atoms with van der Waals surface area (Å²) < 4.78 is 5.42. The van der Waals surface area contributed by atoms with Crippen LogP contribution in [-0.4, -0.2) is 29.7 Å². The zero-order valence-electron chi connectivity index (χ0n) is 11.2. The molecule has 0 aliphatic heterocycles. The van der Waals surface area contributed by atoms with Gasteiger partial charge in [0.05, 0.1) is 0 Å². The Balaban J connectivity index is 2.39. The van der Waals surface area contributed by atoms with E-state index < -0.39 is 0 Å². The number of anilines is 1. The summed E-state index contributed by atoms with van der Waals surface area (Å²) in [6.07, 6.45) is 5.45. The molecule has 0 spiro atoms. The van der Waals surface area contributed by atoms with Crippen molar-refractivity contribution in [2.24, 2.45) is 0 Å². The SMILES string of the molecule is CCCOCCCNc1ncnc(Cl)c1CCC. The van der Waals surface area contributed by atoms with Crippen molar-refractivity contribution in [3.05, 3.63) is 17.0 Å². The van der Waals surface area contributed by atoms with Gasteiger partial charge in [-0.2, -0.15) is 0 Å². The maximum Gasteiger partial charge on any atom is 0.137 e. The zero-order valence-corrected chi connectivity index (χ0v) is 12.0. The summed E-state index contributed by atoms with van der Waals surface area (Å²) in [5.74, 6) is 0.854. The Bertz CT molecular complexity index is 347. The fourth-order valence-corrected chi connectivity index (χ4v) is 1.87. The first-order valence-electron chi connectivity index (χ1n) is 6.60. The molecule has 0 amide bonds. The summed E-state index contributed by atoms with van der Waals surface area (Å²) in [5, 5.41) is 3.85. The van der Waals surface area contributed by atoms with Crippen LogP contribution in [0.25, 0.3) is 0 Å². The normalized spacial score (nSPS) is 10.6. The standard InChI is InChI=1S/C13H22ClN3O/c1-3-6-11-12(14)16-10-17-13(11)15-7-5-9-18-8-4-2/h10H,3-9H2,1-2H3,(H,15,16,17). The van der Waals surface area contributed by atoms with Crippen molar-refractivity contribution >= 4 is 17.4 Å². The Labute approximate surface area is 114 Å². The molecule has 4 nitrogen and oxygen atoms in total. The van der Waals surface area contributed by atoms with Crippen LogP contribution in [0, 0.1) is 0 Å². The zero-order chi connectivity index (χ0) is 13.2. The molecule has 5 heteroatoms. The molecule has 0 aromatic carbocycles. The predicted octanol–water partition coefficient (Wildman–Crippen LogP) is 3.31. The highest BCUT2D eigenvalue weighted by atomic mass is 35.5. The van der Waals surface area contributed by atoms with Crippen LogP contribution in [-0.2, 0) is 11.2 Å². The third kappa shape index (κ3) is 5.19. The molecule has 1 aromatic heterocycles. The number of nitrogens with zero attached hydrogens (tertiary/aromatic N) is 2. The van der Waals surface area contributed by atoms with Gasteiger partial charge < -0.3 is 10.1 Å². The van der Waals surface area contributed by atoms with Crippen LogP contribution in [0.2, 0.25) is 5.15 Å². The summed E-state index contributed by atoms with van der Waals surface area (Å²) in [6, 6.07) is 0. The minimum atomic E-state index is 0.552. The Hall–Kier alpha value is -0.870. The summed E-state index contributed by atoms with van der Waals surface area (Å²) in [6.45, 7) is 6.68. The maximum absolute atomic E-state index is 6.07. The van der Waals surface area contributed by atoms with E-state index in [2.05, 4.69) is 29.1 Å². The summed E-state index contributed by atoms with van der Waals surface area (Å²) >= 11 is 6.07. The number of ether oxygens (including phenoxy) is 1. The second-order valence-electron chi connectivity index (χ2n) is 4.13. The molecule has 0 atom stereocenters. The lowest BCUT2D eigenvalue weighted by atomic mass is 10.2. The van der Waals surface area contributed by atoms with Crippen molar-refractivity contribution in [1.82, 2.24) is 9.97 Å². The van der Waals surface area contributed by atoms with Crippen molar-refractivity contribution in [3.63, 3.8) is 0 Å². The molecule has 0 bridgehead atoms. The molecule has 1 aromatic rings. The topological polar surface area (TPSA) is 47.0 Å². The van der Waals surface area contributed by atoms with E-state index in [4.69, 9.17) is 16.3 Å². The van der Waals surface area contributed by atoms with Crippen LogP contribution in [0.3, 0.4) is 0 Å². The quantitative estimate of drug-likeness (QED) is 0.553. The Morgan fingerprint density at radius 1 is 1.22 bits per heavy atom. The van der Waals surface area contributed by atoms with E-state index in [0.29, 0.717) is 5.15 Å². The number of aromatic nitrogens is 2. The van der Waals surface area contributed by atoms with Gasteiger partial charge in [0, 0.05) is 25.3 Å². The first-order chi connectivity index (χ1) is 8.79. The molecule has 1 rings (SSSR count). The van der Waals surface area contributed by atoms with E-state index in [-0.39, 0.29) is 0 Å².